The molecule has 1 saturated carbocycles. The lowest BCUT2D eigenvalue weighted by molar-refractivity contribution is 0.591. The molecule has 4 heteroatoms. The van der Waals surface area contributed by atoms with Gasteiger partial charge < -0.3 is 10.3 Å². The fraction of sp³-hybridized carbons (Fsp3) is 0.462. The van der Waals surface area contributed by atoms with Crippen LogP contribution in [0.2, 0.25) is 0 Å². The summed E-state index contributed by atoms with van der Waals surface area (Å²) in [6, 6.07) is 8.84. The van der Waals surface area contributed by atoms with Crippen molar-refractivity contribution < 1.29 is 0 Å². The molecule has 1 heterocycles. The van der Waals surface area contributed by atoms with Crippen molar-refractivity contribution in [1.82, 2.24) is 15.3 Å². The first-order valence-electron chi connectivity index (χ1n) is 6.15. The van der Waals surface area contributed by atoms with E-state index in [9.17, 15) is 0 Å². The summed E-state index contributed by atoms with van der Waals surface area (Å²) in [6.45, 7) is 0. The van der Waals surface area contributed by atoms with Crippen LogP contribution in [0, 0.1) is 0 Å². The topological polar surface area (TPSA) is 40.7 Å². The number of fused-ring (bicyclic) bond motifs is 1. The molecular weight excluding hydrogens is 230 g/mol. The summed E-state index contributed by atoms with van der Waals surface area (Å²) in [6.07, 6.45) is 3.89. The molecule has 3 nitrogen and oxygen atoms in total. The van der Waals surface area contributed by atoms with Crippen molar-refractivity contribution in [1.29, 1.82) is 0 Å². The van der Waals surface area contributed by atoms with Gasteiger partial charge in [-0.3, -0.25) is 0 Å². The number of aromatic amines is 1. The second kappa shape index (κ2) is 4.70. The molecule has 0 bridgehead atoms. The maximum atomic E-state index is 4.62. The van der Waals surface area contributed by atoms with E-state index < -0.39 is 0 Å². The van der Waals surface area contributed by atoms with Gasteiger partial charge in [0.2, 0.25) is 0 Å². The number of aromatic nitrogens is 2. The maximum absolute atomic E-state index is 4.62. The minimum Gasteiger partial charge on any atom is -0.333 e. The van der Waals surface area contributed by atoms with Crippen LogP contribution in [0.5, 0.6) is 0 Å². The van der Waals surface area contributed by atoms with E-state index in [1.807, 2.05) is 23.9 Å². The van der Waals surface area contributed by atoms with Gasteiger partial charge in [-0.25, -0.2) is 4.98 Å². The minimum absolute atomic E-state index is 0.633. The molecule has 1 aliphatic rings. The number of hydrogen-bond acceptors (Lipinski definition) is 3. The van der Waals surface area contributed by atoms with Crippen LogP contribution in [-0.2, 0) is 0 Å². The lowest BCUT2D eigenvalue weighted by Gasteiger charge is -2.16. The fourth-order valence-corrected chi connectivity index (χ4v) is 3.85. The summed E-state index contributed by atoms with van der Waals surface area (Å²) < 4.78 is 0. The van der Waals surface area contributed by atoms with Crippen molar-refractivity contribution in [3.8, 4) is 0 Å². The van der Waals surface area contributed by atoms with Crippen molar-refractivity contribution in [3.05, 3.63) is 24.3 Å². The monoisotopic (exact) mass is 247 g/mol. The van der Waals surface area contributed by atoms with Gasteiger partial charge in [-0.05, 0) is 32.0 Å². The normalized spacial score (nSPS) is 24.5. The second-order valence-electron chi connectivity index (χ2n) is 4.54. The number of rotatable bonds is 3. The Morgan fingerprint density at radius 1 is 1.35 bits per heavy atom. The van der Waals surface area contributed by atoms with Crippen LogP contribution in [-0.4, -0.2) is 28.3 Å². The van der Waals surface area contributed by atoms with Crippen LogP contribution in [0.15, 0.2) is 29.4 Å². The third kappa shape index (κ3) is 2.19. The van der Waals surface area contributed by atoms with Gasteiger partial charge in [-0.15, -0.1) is 0 Å². The van der Waals surface area contributed by atoms with Crippen LogP contribution in [0.4, 0.5) is 0 Å². The number of para-hydroxylation sites is 2. The Balaban J connectivity index is 1.80. The molecule has 1 aromatic carbocycles. The second-order valence-corrected chi connectivity index (χ2v) is 5.77. The van der Waals surface area contributed by atoms with Crippen molar-refractivity contribution in [2.75, 3.05) is 7.05 Å². The molecule has 0 spiro atoms. The van der Waals surface area contributed by atoms with Crippen LogP contribution in [0.25, 0.3) is 11.0 Å². The number of benzene rings is 1. The highest BCUT2D eigenvalue weighted by Gasteiger charge is 2.27. The number of H-pyrrole nitrogens is 1. The summed E-state index contributed by atoms with van der Waals surface area (Å²) in [5.74, 6) is 0. The first-order chi connectivity index (χ1) is 8.36. The van der Waals surface area contributed by atoms with Gasteiger partial charge in [0.05, 0.1) is 11.0 Å². The Morgan fingerprint density at radius 3 is 3.06 bits per heavy atom. The van der Waals surface area contributed by atoms with Crippen LogP contribution >= 0.6 is 11.8 Å². The van der Waals surface area contributed by atoms with Crippen molar-refractivity contribution >= 4 is 22.8 Å². The van der Waals surface area contributed by atoms with Gasteiger partial charge in [0.15, 0.2) is 5.16 Å². The summed E-state index contributed by atoms with van der Waals surface area (Å²) in [7, 11) is 2.06. The predicted molar refractivity (Wildman–Crippen MR) is 72.4 cm³/mol. The highest BCUT2D eigenvalue weighted by Crippen LogP contribution is 2.34. The van der Waals surface area contributed by atoms with Gasteiger partial charge in [-0.2, -0.15) is 0 Å². The van der Waals surface area contributed by atoms with Gasteiger partial charge in [-0.1, -0.05) is 30.3 Å². The third-order valence-electron chi connectivity index (χ3n) is 3.45. The van der Waals surface area contributed by atoms with E-state index in [4.69, 9.17) is 0 Å². The van der Waals surface area contributed by atoms with E-state index >= 15 is 0 Å². The summed E-state index contributed by atoms with van der Waals surface area (Å²) >= 11 is 1.88. The van der Waals surface area contributed by atoms with Crippen molar-refractivity contribution in [2.45, 2.75) is 35.7 Å². The Hall–Kier alpha value is -1.00. The number of nitrogens with zero attached hydrogens (tertiary/aromatic N) is 1. The van der Waals surface area contributed by atoms with Crippen LogP contribution in [0.3, 0.4) is 0 Å². The van der Waals surface area contributed by atoms with Gasteiger partial charge in [0.1, 0.15) is 0 Å². The molecule has 1 aromatic heterocycles. The van der Waals surface area contributed by atoms with Gasteiger partial charge >= 0.3 is 0 Å². The molecule has 1 aliphatic carbocycles. The average molecular weight is 247 g/mol. The molecule has 90 valence electrons. The Morgan fingerprint density at radius 2 is 2.24 bits per heavy atom. The van der Waals surface area contributed by atoms with Gasteiger partial charge in [0, 0.05) is 11.3 Å². The lowest BCUT2D eigenvalue weighted by atomic mass is 10.2. The summed E-state index contributed by atoms with van der Waals surface area (Å²) in [4.78, 5) is 8.02. The molecule has 17 heavy (non-hydrogen) atoms. The Labute approximate surface area is 105 Å². The third-order valence-corrected chi connectivity index (χ3v) is 4.74. The molecule has 2 atom stereocenters. The lowest BCUT2D eigenvalue weighted by Crippen LogP contribution is -2.30. The molecule has 0 aliphatic heterocycles. The van der Waals surface area contributed by atoms with E-state index in [2.05, 4.69) is 34.5 Å². The first-order valence-corrected chi connectivity index (χ1v) is 7.03. The first kappa shape index (κ1) is 11.1. The molecule has 0 saturated heterocycles. The predicted octanol–water partition coefficient (Wildman–Crippen LogP) is 2.80. The van der Waals surface area contributed by atoms with Crippen molar-refractivity contribution in [3.63, 3.8) is 0 Å². The zero-order valence-corrected chi connectivity index (χ0v) is 10.8. The molecule has 0 amide bonds. The number of hydrogen-bond donors (Lipinski definition) is 2. The highest BCUT2D eigenvalue weighted by molar-refractivity contribution is 7.99. The molecule has 0 radical (unpaired) electrons. The number of nitrogens with one attached hydrogen (secondary N) is 2. The van der Waals surface area contributed by atoms with E-state index in [1.54, 1.807) is 0 Å². The molecule has 2 unspecified atom stereocenters. The summed E-state index contributed by atoms with van der Waals surface area (Å²) in [5, 5.41) is 5.11. The fourth-order valence-electron chi connectivity index (χ4n) is 2.53. The molecule has 2 N–H and O–H groups in total. The molecule has 2 aromatic rings. The smallest absolute Gasteiger partial charge is 0.166 e. The van der Waals surface area contributed by atoms with E-state index in [0.29, 0.717) is 11.3 Å². The zero-order chi connectivity index (χ0) is 11.7. The quantitative estimate of drug-likeness (QED) is 0.876. The van der Waals surface area contributed by atoms with E-state index in [0.717, 1.165) is 16.2 Å². The molecule has 1 fully saturated rings. The van der Waals surface area contributed by atoms with E-state index in [-0.39, 0.29) is 0 Å². The highest BCUT2D eigenvalue weighted by atomic mass is 32.2. The zero-order valence-electron chi connectivity index (χ0n) is 9.94. The largest absolute Gasteiger partial charge is 0.333 e. The molecular formula is C13H17N3S. The number of imidazole rings is 1. The van der Waals surface area contributed by atoms with Crippen LogP contribution < -0.4 is 5.32 Å². The standard InChI is InChI=1S/C13H17N3S/c1-14-11-7-4-8-12(11)17-13-15-9-5-2-3-6-10(9)16-13/h2-3,5-6,11-12,14H,4,7-8H2,1H3,(H,15,16). The maximum Gasteiger partial charge on any atom is 0.166 e. The Bertz CT molecular complexity index is 475. The van der Waals surface area contributed by atoms with Crippen LogP contribution in [0.1, 0.15) is 19.3 Å². The number of thioether (sulfide) groups is 1. The summed E-state index contributed by atoms with van der Waals surface area (Å²) in [5.41, 5.74) is 2.20. The molecule has 3 rings (SSSR count). The average Bonchev–Trinajstić information content (AvgIpc) is 2.94. The SMILES string of the molecule is CNC1CCCC1Sc1nc2ccccc2[nH]1. The van der Waals surface area contributed by atoms with E-state index in [1.165, 1.54) is 19.3 Å². The van der Waals surface area contributed by atoms with Crippen molar-refractivity contribution in [2.24, 2.45) is 0 Å². The minimum atomic E-state index is 0.633. The van der Waals surface area contributed by atoms with Gasteiger partial charge in [0.25, 0.3) is 0 Å². The Kier molecular flexibility index (Phi) is 3.07.